The summed E-state index contributed by atoms with van der Waals surface area (Å²) in [6, 6.07) is 4.64. The molecule has 0 aliphatic heterocycles. The molecule has 0 spiro atoms. The Morgan fingerprint density at radius 1 is 1.19 bits per heavy atom. The van der Waals surface area contributed by atoms with Gasteiger partial charge < -0.3 is 5.73 Å². The van der Waals surface area contributed by atoms with Crippen LogP contribution in [0.2, 0.25) is 0 Å². The highest BCUT2D eigenvalue weighted by atomic mass is 19.4. The third kappa shape index (κ3) is 2.87. The lowest BCUT2D eigenvalue weighted by atomic mass is 9.92. The number of fused-ring (bicyclic) bond motifs is 1. The van der Waals surface area contributed by atoms with E-state index in [1.54, 1.807) is 13.0 Å². The number of aromatic nitrogens is 4. The van der Waals surface area contributed by atoms with Gasteiger partial charge in [-0.05, 0) is 43.4 Å². The number of hydrogen-bond acceptors (Lipinski definition) is 4. The fourth-order valence-corrected chi connectivity index (χ4v) is 3.18. The van der Waals surface area contributed by atoms with Gasteiger partial charge in [0.15, 0.2) is 5.82 Å². The number of anilines is 1. The van der Waals surface area contributed by atoms with Gasteiger partial charge in [0.2, 0.25) is 0 Å². The Labute approximate surface area is 145 Å². The van der Waals surface area contributed by atoms with Gasteiger partial charge in [0, 0.05) is 17.7 Å². The first-order valence-electron chi connectivity index (χ1n) is 8.10. The Morgan fingerprint density at radius 2 is 1.92 bits per heavy atom. The van der Waals surface area contributed by atoms with Gasteiger partial charge >= 0.3 is 6.18 Å². The number of nitrogens with zero attached hydrogens (tertiary/aromatic N) is 4. The summed E-state index contributed by atoms with van der Waals surface area (Å²) in [7, 11) is 0. The van der Waals surface area contributed by atoms with Gasteiger partial charge in [-0.25, -0.2) is 9.37 Å². The standard InChI is InChI=1S/C17H15F4N5/c1-8-6-13(22)26-16(23-8)24-15(25-26)14(9-2-3-9)10-4-5-11(12(18)7-10)17(19,20)21/h4-7,9,14H,2-3,22H2,1H3/t14-/m1/s1. The van der Waals surface area contributed by atoms with E-state index in [0.717, 1.165) is 25.0 Å². The second-order valence-electron chi connectivity index (χ2n) is 6.56. The molecule has 1 aliphatic rings. The Kier molecular flexibility index (Phi) is 3.64. The van der Waals surface area contributed by atoms with Crippen molar-refractivity contribution in [2.24, 2.45) is 5.92 Å². The largest absolute Gasteiger partial charge is 0.419 e. The normalized spacial score (nSPS) is 16.2. The smallest absolute Gasteiger partial charge is 0.383 e. The van der Waals surface area contributed by atoms with Crippen LogP contribution in [0.3, 0.4) is 0 Å². The lowest BCUT2D eigenvalue weighted by molar-refractivity contribution is -0.140. The molecule has 0 bridgehead atoms. The molecule has 2 heterocycles. The van der Waals surface area contributed by atoms with Crippen LogP contribution in [0.4, 0.5) is 23.4 Å². The summed E-state index contributed by atoms with van der Waals surface area (Å²) in [4.78, 5) is 8.65. The molecule has 1 aliphatic carbocycles. The highest BCUT2D eigenvalue weighted by Gasteiger charge is 2.39. The van der Waals surface area contributed by atoms with Crippen LogP contribution >= 0.6 is 0 Å². The molecule has 136 valence electrons. The summed E-state index contributed by atoms with van der Waals surface area (Å²) in [6.07, 6.45) is -2.97. The molecule has 1 saturated carbocycles. The van der Waals surface area contributed by atoms with Crippen LogP contribution in [-0.4, -0.2) is 19.6 Å². The fourth-order valence-electron chi connectivity index (χ4n) is 3.18. The molecule has 0 unspecified atom stereocenters. The lowest BCUT2D eigenvalue weighted by Crippen LogP contribution is -2.11. The number of rotatable bonds is 3. The summed E-state index contributed by atoms with van der Waals surface area (Å²) in [5, 5.41) is 4.37. The molecular formula is C17H15F4N5. The zero-order chi connectivity index (χ0) is 18.6. The Morgan fingerprint density at radius 3 is 2.54 bits per heavy atom. The van der Waals surface area contributed by atoms with E-state index >= 15 is 0 Å². The molecule has 0 saturated heterocycles. The maximum Gasteiger partial charge on any atom is 0.419 e. The fraction of sp³-hybridized carbons (Fsp3) is 0.353. The van der Waals surface area contributed by atoms with Crippen LogP contribution in [0, 0.1) is 18.7 Å². The minimum Gasteiger partial charge on any atom is -0.383 e. The van der Waals surface area contributed by atoms with Gasteiger partial charge in [0.25, 0.3) is 5.78 Å². The van der Waals surface area contributed by atoms with Crippen molar-refractivity contribution in [3.63, 3.8) is 0 Å². The predicted octanol–water partition coefficient (Wildman–Crippen LogP) is 3.71. The summed E-state index contributed by atoms with van der Waals surface area (Å²) in [5.74, 6) is -0.469. The van der Waals surface area contributed by atoms with E-state index in [-0.39, 0.29) is 5.92 Å². The maximum absolute atomic E-state index is 14.0. The number of hydrogen-bond donors (Lipinski definition) is 1. The molecule has 5 nitrogen and oxygen atoms in total. The molecule has 2 aromatic heterocycles. The first-order valence-corrected chi connectivity index (χ1v) is 8.10. The van der Waals surface area contributed by atoms with Crippen molar-refractivity contribution in [2.75, 3.05) is 5.73 Å². The Balaban J connectivity index is 1.80. The number of benzene rings is 1. The number of aryl methyl sites for hydroxylation is 1. The monoisotopic (exact) mass is 365 g/mol. The number of halogens is 4. The number of nitrogen functional groups attached to an aromatic ring is 1. The molecule has 2 N–H and O–H groups in total. The van der Waals surface area contributed by atoms with Gasteiger partial charge in [-0.3, -0.25) is 0 Å². The third-order valence-corrected chi connectivity index (χ3v) is 4.51. The van der Waals surface area contributed by atoms with Gasteiger partial charge in [0.1, 0.15) is 11.6 Å². The molecule has 1 atom stereocenters. The molecule has 4 rings (SSSR count). The van der Waals surface area contributed by atoms with Crippen molar-refractivity contribution in [3.05, 3.63) is 52.7 Å². The SMILES string of the molecule is Cc1cc(N)n2nc([C@@H](c3ccc(C(F)(F)F)c(F)c3)C3CC3)nc2n1. The molecule has 0 amide bonds. The van der Waals surface area contributed by atoms with Crippen LogP contribution in [0.5, 0.6) is 0 Å². The Bertz CT molecular complexity index is 991. The van der Waals surface area contributed by atoms with Gasteiger partial charge in [-0.15, -0.1) is 5.10 Å². The summed E-state index contributed by atoms with van der Waals surface area (Å²) in [5.41, 5.74) is 5.75. The van der Waals surface area contributed by atoms with Crippen molar-refractivity contribution in [1.29, 1.82) is 0 Å². The lowest BCUT2D eigenvalue weighted by Gasteiger charge is -2.15. The van der Waals surface area contributed by atoms with Crippen molar-refractivity contribution in [3.8, 4) is 0 Å². The Hall–Kier alpha value is -2.71. The first-order chi connectivity index (χ1) is 12.2. The quantitative estimate of drug-likeness (QED) is 0.719. The minimum atomic E-state index is -4.73. The average molecular weight is 365 g/mol. The average Bonchev–Trinajstić information content (AvgIpc) is 3.25. The molecule has 1 aromatic carbocycles. The molecule has 1 fully saturated rings. The van der Waals surface area contributed by atoms with Crippen molar-refractivity contribution >= 4 is 11.6 Å². The third-order valence-electron chi connectivity index (χ3n) is 4.51. The van der Waals surface area contributed by atoms with Gasteiger partial charge in [0.05, 0.1) is 5.56 Å². The van der Waals surface area contributed by atoms with E-state index in [2.05, 4.69) is 15.1 Å². The molecule has 9 heteroatoms. The van der Waals surface area contributed by atoms with E-state index in [4.69, 9.17) is 5.73 Å². The van der Waals surface area contributed by atoms with Crippen LogP contribution in [-0.2, 0) is 6.18 Å². The second kappa shape index (κ2) is 5.65. The topological polar surface area (TPSA) is 69.1 Å². The van der Waals surface area contributed by atoms with E-state index < -0.39 is 23.5 Å². The minimum absolute atomic E-state index is 0.158. The zero-order valence-electron chi connectivity index (χ0n) is 13.8. The maximum atomic E-state index is 14.0. The van der Waals surface area contributed by atoms with Crippen LogP contribution in [0.25, 0.3) is 5.78 Å². The van der Waals surface area contributed by atoms with Crippen molar-refractivity contribution in [1.82, 2.24) is 19.6 Å². The van der Waals surface area contributed by atoms with Crippen molar-refractivity contribution in [2.45, 2.75) is 31.9 Å². The van der Waals surface area contributed by atoms with Crippen LogP contribution in [0.1, 0.15) is 41.4 Å². The highest BCUT2D eigenvalue weighted by molar-refractivity contribution is 5.43. The molecule has 26 heavy (non-hydrogen) atoms. The van der Waals surface area contributed by atoms with E-state index in [9.17, 15) is 17.6 Å². The molecular weight excluding hydrogens is 350 g/mol. The first kappa shape index (κ1) is 16.7. The highest BCUT2D eigenvalue weighted by Crippen LogP contribution is 2.46. The van der Waals surface area contributed by atoms with Crippen LogP contribution < -0.4 is 5.73 Å². The van der Waals surface area contributed by atoms with Crippen molar-refractivity contribution < 1.29 is 17.6 Å². The van der Waals surface area contributed by atoms with Crippen LogP contribution in [0.15, 0.2) is 24.3 Å². The molecule has 0 radical (unpaired) electrons. The summed E-state index contributed by atoms with van der Waals surface area (Å²) >= 11 is 0. The van der Waals surface area contributed by atoms with Gasteiger partial charge in [-0.1, -0.05) is 6.07 Å². The second-order valence-corrected chi connectivity index (χ2v) is 6.56. The van der Waals surface area contributed by atoms with Gasteiger partial charge in [-0.2, -0.15) is 22.7 Å². The summed E-state index contributed by atoms with van der Waals surface area (Å²) < 4.78 is 53.8. The van der Waals surface area contributed by atoms with E-state index in [0.29, 0.717) is 28.7 Å². The summed E-state index contributed by atoms with van der Waals surface area (Å²) in [6.45, 7) is 1.77. The van der Waals surface area contributed by atoms with E-state index in [1.807, 2.05) is 0 Å². The molecule has 3 aromatic rings. The number of nitrogens with two attached hydrogens (primary N) is 1. The number of alkyl halides is 3. The van der Waals surface area contributed by atoms with E-state index in [1.165, 1.54) is 10.6 Å². The predicted molar refractivity (Wildman–Crippen MR) is 85.9 cm³/mol. The zero-order valence-corrected chi connectivity index (χ0v) is 13.8.